The number of hydrogen-bond donors (Lipinski definition) is 0. The quantitative estimate of drug-likeness (QED) is 0.700. The van der Waals surface area contributed by atoms with E-state index in [0.29, 0.717) is 0 Å². The highest BCUT2D eigenvalue weighted by Crippen LogP contribution is 2.39. The van der Waals surface area contributed by atoms with Gasteiger partial charge >= 0.3 is 0 Å². The van der Waals surface area contributed by atoms with E-state index in [4.69, 9.17) is 21.1 Å². The van der Waals surface area contributed by atoms with Crippen LogP contribution in [0.15, 0.2) is 28.7 Å². The Labute approximate surface area is 130 Å². The molecule has 0 aliphatic heterocycles. The van der Waals surface area contributed by atoms with E-state index in [0.717, 1.165) is 26.4 Å². The second-order valence-corrected chi connectivity index (χ2v) is 6.64. The maximum atomic E-state index is 6.55. The first-order valence-electron chi connectivity index (χ1n) is 5.68. The Morgan fingerprint density at radius 1 is 1.11 bits per heavy atom. The topological polar surface area (TPSA) is 18.5 Å². The summed E-state index contributed by atoms with van der Waals surface area (Å²) in [7, 11) is 3.27. The van der Waals surface area contributed by atoms with Gasteiger partial charge in [-0.15, -0.1) is 22.9 Å². The van der Waals surface area contributed by atoms with E-state index < -0.39 is 0 Å². The molecule has 1 aromatic carbocycles. The molecular formula is C14H14BrClO2S. The number of alkyl halides is 1. The average Bonchev–Trinajstić information content (AvgIpc) is 2.77. The Morgan fingerprint density at radius 3 is 2.11 bits per heavy atom. The van der Waals surface area contributed by atoms with Crippen LogP contribution in [0.3, 0.4) is 0 Å². The Balaban J connectivity index is 2.39. The van der Waals surface area contributed by atoms with E-state index in [2.05, 4.69) is 28.9 Å². The van der Waals surface area contributed by atoms with E-state index in [1.807, 2.05) is 18.2 Å². The van der Waals surface area contributed by atoms with Crippen molar-refractivity contribution in [2.45, 2.75) is 12.3 Å². The number of thiophene rings is 1. The summed E-state index contributed by atoms with van der Waals surface area (Å²) in [6, 6.07) is 7.76. The molecule has 0 fully saturated rings. The van der Waals surface area contributed by atoms with Crippen molar-refractivity contribution < 1.29 is 9.47 Å². The number of halogens is 2. The van der Waals surface area contributed by atoms with Crippen molar-refractivity contribution in [1.82, 2.24) is 0 Å². The molecule has 0 saturated carbocycles. The lowest BCUT2D eigenvalue weighted by molar-refractivity contribution is 0.393. The zero-order chi connectivity index (χ0) is 14.0. The standard InChI is InChI=1S/C14H14BrClO2S/c1-8-12(15)7-13(19-8)14(16)9-4-10(17-2)6-11(5-9)18-3/h4-7,14H,1-3H3. The molecule has 1 aromatic heterocycles. The van der Waals surface area contributed by atoms with Gasteiger partial charge in [0.15, 0.2) is 0 Å². The minimum Gasteiger partial charge on any atom is -0.497 e. The molecule has 1 unspecified atom stereocenters. The van der Waals surface area contributed by atoms with Crippen LogP contribution in [0.25, 0.3) is 0 Å². The molecule has 0 aliphatic rings. The molecule has 2 rings (SSSR count). The average molecular weight is 362 g/mol. The lowest BCUT2D eigenvalue weighted by Gasteiger charge is -2.12. The summed E-state index contributed by atoms with van der Waals surface area (Å²) in [5.41, 5.74) is 0.964. The number of ether oxygens (including phenoxy) is 2. The van der Waals surface area contributed by atoms with Crippen molar-refractivity contribution in [1.29, 1.82) is 0 Å². The normalized spacial score (nSPS) is 12.3. The zero-order valence-corrected chi connectivity index (χ0v) is 14.0. The lowest BCUT2D eigenvalue weighted by Crippen LogP contribution is -1.94. The van der Waals surface area contributed by atoms with E-state index in [1.165, 1.54) is 4.88 Å². The summed E-state index contributed by atoms with van der Waals surface area (Å²) in [4.78, 5) is 2.32. The van der Waals surface area contributed by atoms with Crippen molar-refractivity contribution in [3.05, 3.63) is 44.1 Å². The number of hydrogen-bond acceptors (Lipinski definition) is 3. The molecular weight excluding hydrogens is 348 g/mol. The van der Waals surface area contributed by atoms with E-state index in [1.54, 1.807) is 25.6 Å². The van der Waals surface area contributed by atoms with Gasteiger partial charge in [-0.25, -0.2) is 0 Å². The predicted octanol–water partition coefficient (Wildman–Crippen LogP) is 5.16. The van der Waals surface area contributed by atoms with Crippen LogP contribution < -0.4 is 9.47 Å². The SMILES string of the molecule is COc1cc(OC)cc(C(Cl)c2cc(Br)c(C)s2)c1. The largest absolute Gasteiger partial charge is 0.497 e. The predicted molar refractivity (Wildman–Crippen MR) is 84.0 cm³/mol. The molecule has 0 spiro atoms. The van der Waals surface area contributed by atoms with Crippen molar-refractivity contribution in [3.63, 3.8) is 0 Å². The third-order valence-corrected chi connectivity index (χ3v) is 5.61. The summed E-state index contributed by atoms with van der Waals surface area (Å²) in [5, 5.41) is -0.209. The number of rotatable bonds is 4. The van der Waals surface area contributed by atoms with Crippen molar-refractivity contribution in [2.24, 2.45) is 0 Å². The number of aryl methyl sites for hydroxylation is 1. The minimum absolute atomic E-state index is 0.209. The summed E-state index contributed by atoms with van der Waals surface area (Å²) in [6.07, 6.45) is 0. The van der Waals surface area contributed by atoms with Crippen LogP contribution in [-0.2, 0) is 0 Å². The molecule has 102 valence electrons. The summed E-state index contributed by atoms with van der Waals surface area (Å²) in [5.74, 6) is 1.49. The zero-order valence-electron chi connectivity index (χ0n) is 10.9. The van der Waals surface area contributed by atoms with Gasteiger partial charge in [0.05, 0.1) is 19.6 Å². The molecule has 0 bridgehead atoms. The molecule has 0 aliphatic carbocycles. The highest BCUT2D eigenvalue weighted by atomic mass is 79.9. The Morgan fingerprint density at radius 2 is 1.68 bits per heavy atom. The molecule has 0 N–H and O–H groups in total. The second-order valence-electron chi connectivity index (χ2n) is 4.06. The smallest absolute Gasteiger partial charge is 0.122 e. The van der Waals surface area contributed by atoms with Crippen molar-refractivity contribution in [2.75, 3.05) is 14.2 Å². The van der Waals surface area contributed by atoms with Gasteiger partial charge in [-0.1, -0.05) is 0 Å². The third-order valence-electron chi connectivity index (χ3n) is 2.79. The summed E-state index contributed by atoms with van der Waals surface area (Å²) in [6.45, 7) is 2.06. The maximum Gasteiger partial charge on any atom is 0.122 e. The van der Waals surface area contributed by atoms with E-state index in [-0.39, 0.29) is 5.38 Å². The Bertz CT molecular complexity index is 541. The van der Waals surface area contributed by atoms with Crippen molar-refractivity contribution >= 4 is 38.9 Å². The number of methoxy groups -OCH3 is 2. The van der Waals surface area contributed by atoms with E-state index >= 15 is 0 Å². The van der Waals surface area contributed by atoms with Gasteiger partial charge in [0.1, 0.15) is 11.5 Å². The molecule has 0 radical (unpaired) electrons. The van der Waals surface area contributed by atoms with Crippen LogP contribution in [0.2, 0.25) is 0 Å². The summed E-state index contributed by atoms with van der Waals surface area (Å²) < 4.78 is 11.6. The van der Waals surface area contributed by atoms with Crippen LogP contribution in [0.1, 0.15) is 20.7 Å². The van der Waals surface area contributed by atoms with Gasteiger partial charge in [0.25, 0.3) is 0 Å². The molecule has 2 nitrogen and oxygen atoms in total. The molecule has 1 atom stereocenters. The maximum absolute atomic E-state index is 6.55. The van der Waals surface area contributed by atoms with Crippen LogP contribution >= 0.6 is 38.9 Å². The Hall–Kier alpha value is -0.710. The second kappa shape index (κ2) is 6.16. The van der Waals surface area contributed by atoms with Crippen LogP contribution in [0.4, 0.5) is 0 Å². The van der Waals surface area contributed by atoms with Crippen LogP contribution in [0, 0.1) is 6.92 Å². The minimum atomic E-state index is -0.209. The first-order valence-corrected chi connectivity index (χ1v) is 7.72. The van der Waals surface area contributed by atoms with Gasteiger partial charge in [-0.05, 0) is 46.6 Å². The molecule has 2 aromatic rings. The fourth-order valence-corrected chi connectivity index (χ4v) is 3.64. The molecule has 19 heavy (non-hydrogen) atoms. The highest BCUT2D eigenvalue weighted by Gasteiger charge is 2.16. The van der Waals surface area contributed by atoms with Crippen molar-refractivity contribution in [3.8, 4) is 11.5 Å². The van der Waals surface area contributed by atoms with E-state index in [9.17, 15) is 0 Å². The van der Waals surface area contributed by atoms with Gasteiger partial charge in [-0.2, -0.15) is 0 Å². The van der Waals surface area contributed by atoms with Gasteiger partial charge < -0.3 is 9.47 Å². The van der Waals surface area contributed by atoms with Crippen LogP contribution in [-0.4, -0.2) is 14.2 Å². The molecule has 0 saturated heterocycles. The molecule has 1 heterocycles. The monoisotopic (exact) mass is 360 g/mol. The fraction of sp³-hybridized carbons (Fsp3) is 0.286. The number of benzene rings is 1. The molecule has 0 amide bonds. The Kier molecular flexibility index (Phi) is 4.76. The summed E-state index contributed by atoms with van der Waals surface area (Å²) >= 11 is 11.8. The first kappa shape index (κ1) is 14.7. The van der Waals surface area contributed by atoms with Gasteiger partial charge in [-0.3, -0.25) is 0 Å². The van der Waals surface area contributed by atoms with Crippen LogP contribution in [0.5, 0.6) is 11.5 Å². The van der Waals surface area contributed by atoms with Gasteiger partial charge in [0.2, 0.25) is 0 Å². The fourth-order valence-electron chi connectivity index (χ4n) is 1.75. The molecule has 5 heteroatoms. The highest BCUT2D eigenvalue weighted by molar-refractivity contribution is 9.10. The van der Waals surface area contributed by atoms with Gasteiger partial charge in [0, 0.05) is 20.3 Å². The third kappa shape index (κ3) is 3.25. The lowest BCUT2D eigenvalue weighted by atomic mass is 10.1. The first-order chi connectivity index (χ1) is 9.05.